The van der Waals surface area contributed by atoms with Gasteiger partial charge in [0.15, 0.2) is 5.58 Å². The van der Waals surface area contributed by atoms with E-state index in [1.54, 1.807) is 24.3 Å². The van der Waals surface area contributed by atoms with Gasteiger partial charge in [-0.2, -0.15) is 0 Å². The molecular weight excluding hydrogens is 320 g/mol. The number of hydrogen-bond donors (Lipinski definition) is 0. The van der Waals surface area contributed by atoms with E-state index in [1.807, 2.05) is 0 Å². The molecule has 0 fully saturated rings. The molecule has 0 bridgehead atoms. The number of aliphatic carboxylic acids is 1. The SMILES string of the molecule is O=C([O-])CC(C(=O)[S-])c1nc2ccccc2o1.[K+].[K+]. The fourth-order valence-corrected chi connectivity index (χ4v) is 1.66. The second-order valence-corrected chi connectivity index (χ2v) is 3.87. The monoisotopic (exact) mass is 327 g/mol. The first kappa shape index (κ1) is 20.3. The average Bonchev–Trinajstić information content (AvgIpc) is 2.68. The van der Waals surface area contributed by atoms with Crippen LogP contribution in [0.5, 0.6) is 0 Å². The van der Waals surface area contributed by atoms with E-state index in [1.165, 1.54) is 0 Å². The molecule has 88 valence electrons. The number of carboxylic acid groups (broad SMARTS) is 1. The summed E-state index contributed by atoms with van der Waals surface area (Å²) >= 11 is 4.48. The van der Waals surface area contributed by atoms with Gasteiger partial charge in [0.2, 0.25) is 5.89 Å². The van der Waals surface area contributed by atoms with Crippen molar-refractivity contribution in [3.63, 3.8) is 0 Å². The predicted molar refractivity (Wildman–Crippen MR) is 58.7 cm³/mol. The molecule has 0 aliphatic rings. The zero-order valence-electron chi connectivity index (χ0n) is 10.6. The van der Waals surface area contributed by atoms with Gasteiger partial charge >= 0.3 is 103 Å². The van der Waals surface area contributed by atoms with E-state index in [9.17, 15) is 14.7 Å². The molecule has 5 nitrogen and oxygen atoms in total. The Morgan fingerprint density at radius 1 is 1.32 bits per heavy atom. The van der Waals surface area contributed by atoms with Gasteiger partial charge in [-0.3, -0.25) is 0 Å². The minimum absolute atomic E-state index is 0. The molecule has 0 radical (unpaired) electrons. The third kappa shape index (κ3) is 5.55. The molecule has 0 saturated carbocycles. The van der Waals surface area contributed by atoms with Crippen LogP contribution in [0.25, 0.3) is 11.1 Å². The largest absolute Gasteiger partial charge is 1.00 e. The molecule has 0 aliphatic carbocycles. The summed E-state index contributed by atoms with van der Waals surface area (Å²) < 4.78 is 5.30. The first-order valence-corrected chi connectivity index (χ1v) is 5.25. The fraction of sp³-hybridized carbons (Fsp3) is 0.182. The molecule has 0 N–H and O–H groups in total. The van der Waals surface area contributed by atoms with Crippen LogP contribution in [-0.4, -0.2) is 16.1 Å². The number of fused-ring (bicyclic) bond motifs is 1. The van der Waals surface area contributed by atoms with Gasteiger partial charge < -0.3 is 31.7 Å². The van der Waals surface area contributed by atoms with Crippen LogP contribution in [0.3, 0.4) is 0 Å². The van der Waals surface area contributed by atoms with Crippen molar-refractivity contribution in [2.24, 2.45) is 0 Å². The smallest absolute Gasteiger partial charge is 0.741 e. The predicted octanol–water partition coefficient (Wildman–Crippen LogP) is -5.87. The van der Waals surface area contributed by atoms with Gasteiger partial charge in [0.05, 0.1) is 5.92 Å². The third-order valence-electron chi connectivity index (χ3n) is 2.26. The number of rotatable bonds is 4. The van der Waals surface area contributed by atoms with Gasteiger partial charge in [-0.05, 0) is 12.1 Å². The molecule has 8 heteroatoms. The zero-order chi connectivity index (χ0) is 12.4. The molecule has 0 spiro atoms. The number of benzene rings is 1. The molecule has 2 aromatic rings. The summed E-state index contributed by atoms with van der Waals surface area (Å²) in [5.74, 6) is -2.41. The van der Waals surface area contributed by atoms with Gasteiger partial charge in [-0.1, -0.05) is 12.1 Å². The van der Waals surface area contributed by atoms with Crippen molar-refractivity contribution in [2.45, 2.75) is 12.3 Å². The van der Waals surface area contributed by atoms with Crippen molar-refractivity contribution in [3.8, 4) is 0 Å². The Morgan fingerprint density at radius 3 is 2.47 bits per heavy atom. The molecule has 19 heavy (non-hydrogen) atoms. The normalized spacial score (nSPS) is 11.2. The summed E-state index contributed by atoms with van der Waals surface area (Å²) in [7, 11) is 0. The molecule has 1 atom stereocenters. The summed E-state index contributed by atoms with van der Waals surface area (Å²) in [6.07, 6.45) is -0.519. The number of aromatic nitrogens is 1. The first-order valence-electron chi connectivity index (χ1n) is 4.84. The van der Waals surface area contributed by atoms with Crippen LogP contribution in [0.15, 0.2) is 28.7 Å². The quantitative estimate of drug-likeness (QED) is 0.411. The summed E-state index contributed by atoms with van der Waals surface area (Å²) in [5, 5.41) is 9.80. The van der Waals surface area contributed by atoms with Crippen LogP contribution >= 0.6 is 0 Å². The molecule has 1 unspecified atom stereocenters. The second kappa shape index (κ2) is 9.36. The Balaban J connectivity index is 0.00000162. The van der Waals surface area contributed by atoms with E-state index < -0.39 is 23.4 Å². The Kier molecular flexibility index (Phi) is 10.0. The number of carbonyl (C=O) groups is 2. The number of oxazole rings is 1. The van der Waals surface area contributed by atoms with Gasteiger partial charge in [0.25, 0.3) is 0 Å². The van der Waals surface area contributed by atoms with Gasteiger partial charge in [-0.15, -0.1) is 0 Å². The molecule has 1 heterocycles. The van der Waals surface area contributed by atoms with Crippen molar-refractivity contribution >= 4 is 34.8 Å². The summed E-state index contributed by atoms with van der Waals surface area (Å²) in [6, 6.07) is 6.89. The van der Waals surface area contributed by atoms with E-state index in [2.05, 4.69) is 17.6 Å². The third-order valence-corrected chi connectivity index (χ3v) is 2.55. The van der Waals surface area contributed by atoms with Crippen LogP contribution in [0, 0.1) is 0 Å². The number of carbonyl (C=O) groups excluding carboxylic acids is 2. The molecule has 1 aromatic heterocycles. The van der Waals surface area contributed by atoms with Crippen LogP contribution < -0.4 is 108 Å². The van der Waals surface area contributed by atoms with Crippen molar-refractivity contribution in [3.05, 3.63) is 30.2 Å². The standard InChI is InChI=1S/C11H9NO4S.2K/c13-9(14)5-6(11(15)17)10-12-7-3-1-2-4-8(7)16-10;;/h1-4,6H,5H2,(H,13,14)(H,15,17);;/q;2*+1/p-2. The van der Waals surface area contributed by atoms with E-state index in [4.69, 9.17) is 4.42 Å². The number of para-hydroxylation sites is 2. The minimum atomic E-state index is -1.37. The van der Waals surface area contributed by atoms with Crippen LogP contribution in [0.2, 0.25) is 0 Å². The van der Waals surface area contributed by atoms with Gasteiger partial charge in [0.1, 0.15) is 5.52 Å². The number of hydrogen-bond acceptors (Lipinski definition) is 6. The number of nitrogens with zero attached hydrogens (tertiary/aromatic N) is 1. The zero-order valence-corrected chi connectivity index (χ0v) is 17.6. The van der Waals surface area contributed by atoms with Crippen molar-refractivity contribution < 1.29 is 122 Å². The second-order valence-electron chi connectivity index (χ2n) is 3.47. The molecule has 0 aliphatic heterocycles. The molecule has 0 saturated heterocycles. The maximum absolute atomic E-state index is 11.2. The molecule has 0 amide bonds. The van der Waals surface area contributed by atoms with Crippen LogP contribution in [0.4, 0.5) is 0 Å². The van der Waals surface area contributed by atoms with E-state index in [0.29, 0.717) is 11.1 Å². The average molecular weight is 327 g/mol. The van der Waals surface area contributed by atoms with E-state index in [0.717, 1.165) is 0 Å². The molecular formula is C11H7K2NO4S. The fourth-order valence-electron chi connectivity index (χ4n) is 1.48. The first-order chi connectivity index (χ1) is 8.08. The summed E-state index contributed by atoms with van der Waals surface area (Å²) in [6.45, 7) is 0. The van der Waals surface area contributed by atoms with Crippen molar-refractivity contribution in [1.82, 2.24) is 4.98 Å². The van der Waals surface area contributed by atoms with Crippen LogP contribution in [0.1, 0.15) is 18.2 Å². The maximum atomic E-state index is 11.2. The van der Waals surface area contributed by atoms with Crippen LogP contribution in [-0.2, 0) is 22.2 Å². The molecule has 2 rings (SSSR count). The Hall–Kier alpha value is 1.32. The number of carboxylic acids is 1. The Bertz CT molecular complexity index is 554. The Morgan fingerprint density at radius 2 is 1.95 bits per heavy atom. The van der Waals surface area contributed by atoms with Crippen molar-refractivity contribution in [1.29, 1.82) is 0 Å². The maximum Gasteiger partial charge on any atom is 1.00 e. The summed E-state index contributed by atoms with van der Waals surface area (Å²) in [5.41, 5.74) is 1.05. The Labute approximate surface area is 200 Å². The summed E-state index contributed by atoms with van der Waals surface area (Å²) in [4.78, 5) is 25.7. The van der Waals surface area contributed by atoms with Gasteiger partial charge in [-0.25, -0.2) is 4.98 Å². The minimum Gasteiger partial charge on any atom is -0.741 e. The van der Waals surface area contributed by atoms with E-state index >= 15 is 0 Å². The van der Waals surface area contributed by atoms with Gasteiger partial charge in [0, 0.05) is 17.5 Å². The topological polar surface area (TPSA) is 83.2 Å². The van der Waals surface area contributed by atoms with Crippen molar-refractivity contribution in [2.75, 3.05) is 0 Å². The van der Waals surface area contributed by atoms with E-state index in [-0.39, 0.29) is 109 Å². The molecule has 1 aromatic carbocycles.